The number of hydrogen-bond acceptors (Lipinski definition) is 3. The standard InChI is InChI=1S/C28H47N.C7H10N2/c1-19(2)9-7-8-10-21-11-12-23-26-22(18-29-6)25-17-20(3)13-15-28(25,5)24(26)14-16-27(21,23)4;1-5-2-3-6(8)4-7(5)9/h18-21,23-24,26H,7-17H2,1-6H3;2-4H,8-9H2,1H3. The number of unbranched alkanes of at least 4 members (excludes halogenated alkanes) is 1. The summed E-state index contributed by atoms with van der Waals surface area (Å²) < 4.78 is 0. The number of aliphatic imine (C=N–C) groups is 1. The number of fused-ring (bicyclic) bond motifs is 5. The van der Waals surface area contributed by atoms with E-state index in [2.05, 4.69) is 45.8 Å². The smallest absolute Gasteiger partial charge is 0.0364 e. The normalized spacial score (nSPS) is 36.2. The first-order valence-electron chi connectivity index (χ1n) is 15.8. The third kappa shape index (κ3) is 5.59. The summed E-state index contributed by atoms with van der Waals surface area (Å²) in [5.74, 6) is 5.32. The lowest BCUT2D eigenvalue weighted by Crippen LogP contribution is -2.44. The number of nitrogen functional groups attached to an aromatic ring is 2. The lowest BCUT2D eigenvalue weighted by Gasteiger charge is -2.51. The van der Waals surface area contributed by atoms with Gasteiger partial charge in [0.15, 0.2) is 0 Å². The van der Waals surface area contributed by atoms with Crippen molar-refractivity contribution in [3.8, 4) is 0 Å². The Labute approximate surface area is 234 Å². The van der Waals surface area contributed by atoms with Crippen LogP contribution in [0.3, 0.4) is 0 Å². The zero-order chi connectivity index (χ0) is 27.7. The van der Waals surface area contributed by atoms with Crippen LogP contribution < -0.4 is 11.5 Å². The molecule has 4 aliphatic rings. The summed E-state index contributed by atoms with van der Waals surface area (Å²) in [5.41, 5.74) is 18.1. The van der Waals surface area contributed by atoms with E-state index in [4.69, 9.17) is 11.5 Å². The average molecular weight is 520 g/mol. The van der Waals surface area contributed by atoms with Crippen molar-refractivity contribution < 1.29 is 0 Å². The Morgan fingerprint density at radius 2 is 1.79 bits per heavy atom. The maximum atomic E-state index is 5.54. The zero-order valence-electron chi connectivity index (χ0n) is 25.7. The quantitative estimate of drug-likeness (QED) is 0.223. The molecule has 3 fully saturated rings. The molecule has 4 aliphatic carbocycles. The molecule has 3 heteroatoms. The fraction of sp³-hybridized carbons (Fsp3) is 0.743. The molecule has 38 heavy (non-hydrogen) atoms. The monoisotopic (exact) mass is 519 g/mol. The van der Waals surface area contributed by atoms with Crippen molar-refractivity contribution in [2.45, 2.75) is 112 Å². The Hall–Kier alpha value is -1.77. The van der Waals surface area contributed by atoms with Gasteiger partial charge in [0.05, 0.1) is 0 Å². The molecule has 7 atom stereocenters. The molecule has 0 aromatic heterocycles. The Morgan fingerprint density at radius 3 is 2.45 bits per heavy atom. The molecule has 5 rings (SSSR count). The van der Waals surface area contributed by atoms with Crippen LogP contribution >= 0.6 is 0 Å². The number of benzene rings is 1. The third-order valence-corrected chi connectivity index (χ3v) is 11.5. The molecule has 0 amide bonds. The lowest BCUT2D eigenvalue weighted by molar-refractivity contribution is -0.00503. The number of nitrogens with two attached hydrogens (primary N) is 2. The highest BCUT2D eigenvalue weighted by atomic mass is 14.7. The zero-order valence-corrected chi connectivity index (χ0v) is 25.7. The van der Waals surface area contributed by atoms with Gasteiger partial charge in [0.25, 0.3) is 0 Å². The summed E-state index contributed by atoms with van der Waals surface area (Å²) >= 11 is 0. The summed E-state index contributed by atoms with van der Waals surface area (Å²) in [5, 5.41) is 0. The van der Waals surface area contributed by atoms with Crippen LogP contribution in [-0.2, 0) is 0 Å². The maximum absolute atomic E-state index is 5.54. The van der Waals surface area contributed by atoms with Crippen LogP contribution in [0.2, 0.25) is 0 Å². The van der Waals surface area contributed by atoms with Crippen molar-refractivity contribution >= 4 is 17.6 Å². The van der Waals surface area contributed by atoms with Crippen LogP contribution in [-0.4, -0.2) is 13.3 Å². The number of anilines is 2. The number of nitrogens with zero attached hydrogens (tertiary/aromatic N) is 1. The van der Waals surface area contributed by atoms with Crippen LogP contribution in [0.25, 0.3) is 0 Å². The van der Waals surface area contributed by atoms with E-state index in [0.29, 0.717) is 10.8 Å². The van der Waals surface area contributed by atoms with Gasteiger partial charge in [0.2, 0.25) is 0 Å². The third-order valence-electron chi connectivity index (χ3n) is 11.5. The highest BCUT2D eigenvalue weighted by Gasteiger charge is 2.61. The van der Waals surface area contributed by atoms with Gasteiger partial charge in [-0.05, 0) is 128 Å². The van der Waals surface area contributed by atoms with Crippen LogP contribution in [0.15, 0.2) is 34.3 Å². The van der Waals surface area contributed by atoms with Gasteiger partial charge in [0.1, 0.15) is 0 Å². The summed E-state index contributed by atoms with van der Waals surface area (Å²) in [4.78, 5) is 4.61. The summed E-state index contributed by atoms with van der Waals surface area (Å²) in [6, 6.07) is 5.51. The molecule has 1 aromatic rings. The lowest BCUT2D eigenvalue weighted by atomic mass is 9.53. The second-order valence-corrected chi connectivity index (χ2v) is 14.4. The number of aryl methyl sites for hydroxylation is 1. The van der Waals surface area contributed by atoms with Gasteiger partial charge < -0.3 is 11.5 Å². The molecule has 4 N–H and O–H groups in total. The molecular weight excluding hydrogens is 462 g/mol. The van der Waals surface area contributed by atoms with Crippen LogP contribution in [0.1, 0.15) is 111 Å². The van der Waals surface area contributed by atoms with E-state index in [1.54, 1.807) is 11.6 Å². The number of rotatable bonds is 6. The number of allylic oxidation sites excluding steroid dienone is 2. The van der Waals surface area contributed by atoms with E-state index in [1.807, 2.05) is 31.7 Å². The molecule has 0 spiro atoms. The van der Waals surface area contributed by atoms with Gasteiger partial charge >= 0.3 is 0 Å². The molecule has 3 nitrogen and oxygen atoms in total. The summed E-state index contributed by atoms with van der Waals surface area (Å²) in [6.07, 6.45) is 18.2. The molecule has 0 radical (unpaired) electrons. The van der Waals surface area contributed by atoms with Crippen LogP contribution in [0, 0.1) is 53.3 Å². The van der Waals surface area contributed by atoms with Gasteiger partial charge in [-0.1, -0.05) is 65.5 Å². The van der Waals surface area contributed by atoms with Gasteiger partial charge in [-0.25, -0.2) is 0 Å². The van der Waals surface area contributed by atoms with E-state index in [9.17, 15) is 0 Å². The van der Waals surface area contributed by atoms with Crippen molar-refractivity contribution in [3.05, 3.63) is 34.9 Å². The predicted octanol–water partition coefficient (Wildman–Crippen LogP) is 9.26. The summed E-state index contributed by atoms with van der Waals surface area (Å²) in [6.45, 7) is 14.5. The topological polar surface area (TPSA) is 64.4 Å². The predicted molar refractivity (Wildman–Crippen MR) is 166 cm³/mol. The maximum Gasteiger partial charge on any atom is 0.0364 e. The first-order chi connectivity index (χ1) is 18.0. The van der Waals surface area contributed by atoms with Crippen molar-refractivity contribution in [3.63, 3.8) is 0 Å². The van der Waals surface area contributed by atoms with Gasteiger partial charge in [0, 0.05) is 24.6 Å². The highest BCUT2D eigenvalue weighted by Crippen LogP contribution is 2.69. The largest absolute Gasteiger partial charge is 0.399 e. The second kappa shape index (κ2) is 11.8. The first kappa shape index (κ1) is 29.2. The van der Waals surface area contributed by atoms with E-state index >= 15 is 0 Å². The van der Waals surface area contributed by atoms with Gasteiger partial charge in [-0.15, -0.1) is 0 Å². The van der Waals surface area contributed by atoms with E-state index in [1.165, 1.54) is 70.6 Å². The minimum atomic E-state index is 0.477. The Bertz CT molecular complexity index is 1020. The van der Waals surface area contributed by atoms with Crippen molar-refractivity contribution in [1.82, 2.24) is 0 Å². The van der Waals surface area contributed by atoms with E-state index < -0.39 is 0 Å². The molecule has 0 saturated heterocycles. The molecule has 0 bridgehead atoms. The highest BCUT2D eigenvalue weighted by molar-refractivity contribution is 5.82. The van der Waals surface area contributed by atoms with Crippen molar-refractivity contribution in [2.24, 2.45) is 51.3 Å². The molecule has 0 aliphatic heterocycles. The van der Waals surface area contributed by atoms with Gasteiger partial charge in [-0.3, -0.25) is 4.99 Å². The molecule has 212 valence electrons. The fourth-order valence-corrected chi connectivity index (χ4v) is 9.22. The minimum absolute atomic E-state index is 0.477. The van der Waals surface area contributed by atoms with Gasteiger partial charge in [-0.2, -0.15) is 0 Å². The first-order valence-corrected chi connectivity index (χ1v) is 15.8. The molecule has 7 unspecified atom stereocenters. The summed E-state index contributed by atoms with van der Waals surface area (Å²) in [7, 11) is 2.00. The Kier molecular flexibility index (Phi) is 9.05. The molecule has 1 aromatic carbocycles. The average Bonchev–Trinajstić information content (AvgIpc) is 3.32. The Balaban J connectivity index is 0.000000317. The van der Waals surface area contributed by atoms with E-state index in [-0.39, 0.29) is 0 Å². The van der Waals surface area contributed by atoms with Crippen LogP contribution in [0.5, 0.6) is 0 Å². The molecule has 0 heterocycles. The SMILES string of the molecule is CN=CC1=C2CC(C)CCC2(C)C2CCC3(C)C(CCCCC(C)C)CCC3C12.Cc1ccc(N)cc1N. The van der Waals surface area contributed by atoms with Crippen LogP contribution in [0.4, 0.5) is 11.4 Å². The van der Waals surface area contributed by atoms with Crippen molar-refractivity contribution in [2.75, 3.05) is 18.5 Å². The molecular formula is C35H57N3. The molecule has 3 saturated carbocycles. The fourth-order valence-electron chi connectivity index (χ4n) is 9.22. The van der Waals surface area contributed by atoms with E-state index in [0.717, 1.165) is 52.4 Å². The minimum Gasteiger partial charge on any atom is -0.399 e. The number of hydrogen-bond donors (Lipinski definition) is 2. The Morgan fingerprint density at radius 1 is 1.03 bits per heavy atom. The van der Waals surface area contributed by atoms with Crippen molar-refractivity contribution in [1.29, 1.82) is 0 Å². The second-order valence-electron chi connectivity index (χ2n) is 14.4.